The maximum absolute atomic E-state index is 12.7. The van der Waals surface area contributed by atoms with Crippen molar-refractivity contribution in [1.29, 1.82) is 0 Å². The Hall–Kier alpha value is -3.58. The summed E-state index contributed by atoms with van der Waals surface area (Å²) in [5.41, 5.74) is 1.28. The number of nitrogens with zero attached hydrogens (tertiary/aromatic N) is 3. The first-order valence-corrected chi connectivity index (χ1v) is 9.74. The molecule has 0 spiro atoms. The predicted molar refractivity (Wildman–Crippen MR) is 112 cm³/mol. The molecule has 2 aromatic carbocycles. The molecule has 2 aromatic heterocycles. The van der Waals surface area contributed by atoms with Crippen LogP contribution in [-0.2, 0) is 7.05 Å². The van der Waals surface area contributed by atoms with Crippen molar-refractivity contribution < 1.29 is 9.53 Å². The third kappa shape index (κ3) is 4.64. The first-order valence-electron chi connectivity index (χ1n) is 8.92. The molecular weight excluding hydrogens is 384 g/mol. The molecule has 7 heteroatoms. The van der Waals surface area contributed by atoms with Crippen LogP contribution in [0.5, 0.6) is 11.5 Å². The number of benzene rings is 2. The Balaban J connectivity index is 1.46. The van der Waals surface area contributed by atoms with Crippen LogP contribution >= 0.6 is 11.8 Å². The van der Waals surface area contributed by atoms with E-state index in [2.05, 4.69) is 15.3 Å². The fourth-order valence-corrected chi connectivity index (χ4v) is 3.51. The number of hydrogen-bond donors (Lipinski definition) is 1. The van der Waals surface area contributed by atoms with Gasteiger partial charge >= 0.3 is 0 Å². The number of pyridine rings is 1. The van der Waals surface area contributed by atoms with Gasteiger partial charge in [0.15, 0.2) is 5.16 Å². The Morgan fingerprint density at radius 3 is 2.55 bits per heavy atom. The van der Waals surface area contributed by atoms with Gasteiger partial charge in [0, 0.05) is 36.1 Å². The van der Waals surface area contributed by atoms with Crippen LogP contribution in [0.2, 0.25) is 0 Å². The van der Waals surface area contributed by atoms with Crippen molar-refractivity contribution in [2.75, 3.05) is 5.32 Å². The summed E-state index contributed by atoms with van der Waals surface area (Å²) >= 11 is 1.50. The molecule has 0 bridgehead atoms. The van der Waals surface area contributed by atoms with Crippen LogP contribution in [0.4, 0.5) is 5.69 Å². The molecule has 0 saturated heterocycles. The van der Waals surface area contributed by atoms with Crippen LogP contribution in [0.15, 0.2) is 95.5 Å². The lowest BCUT2D eigenvalue weighted by Crippen LogP contribution is -2.12. The Labute approximate surface area is 172 Å². The normalized spacial score (nSPS) is 10.5. The molecule has 0 saturated carbocycles. The number of nitrogens with one attached hydrogen (secondary N) is 1. The molecule has 0 unspecified atom stereocenters. The fraction of sp³-hybridized carbons (Fsp3) is 0.0455. The van der Waals surface area contributed by atoms with Gasteiger partial charge in [-0.25, -0.2) is 4.98 Å². The Bertz CT molecular complexity index is 1110. The van der Waals surface area contributed by atoms with E-state index in [9.17, 15) is 4.79 Å². The molecule has 6 nitrogen and oxygen atoms in total. The van der Waals surface area contributed by atoms with E-state index in [1.165, 1.54) is 11.8 Å². The standard InChI is InChI=1S/C22H18N4O2S/c1-26-14-13-24-22(26)29-20-7-3-2-6-19(20)25-21(27)16-8-10-17(11-9-16)28-18-5-4-12-23-15-18/h2-15H,1H3,(H,25,27). The number of aromatic nitrogens is 3. The van der Waals surface area contributed by atoms with Crippen molar-refractivity contribution in [3.63, 3.8) is 0 Å². The summed E-state index contributed by atoms with van der Waals surface area (Å²) in [5, 5.41) is 3.83. The Morgan fingerprint density at radius 1 is 1.00 bits per heavy atom. The van der Waals surface area contributed by atoms with Gasteiger partial charge in [-0.3, -0.25) is 9.78 Å². The zero-order valence-corrected chi connectivity index (χ0v) is 16.5. The minimum atomic E-state index is -0.189. The number of para-hydroxylation sites is 1. The summed E-state index contributed by atoms with van der Waals surface area (Å²) in [7, 11) is 1.94. The van der Waals surface area contributed by atoms with E-state index in [4.69, 9.17) is 4.74 Å². The third-order valence-corrected chi connectivity index (χ3v) is 5.25. The predicted octanol–water partition coefficient (Wildman–Crippen LogP) is 5.01. The molecule has 0 atom stereocenters. The molecule has 4 rings (SSSR count). The van der Waals surface area contributed by atoms with Gasteiger partial charge in [0.25, 0.3) is 5.91 Å². The minimum absolute atomic E-state index is 0.189. The minimum Gasteiger partial charge on any atom is -0.456 e. The third-order valence-electron chi connectivity index (χ3n) is 4.10. The van der Waals surface area contributed by atoms with Crippen LogP contribution in [0.1, 0.15) is 10.4 Å². The van der Waals surface area contributed by atoms with Gasteiger partial charge in [-0.15, -0.1) is 0 Å². The number of amides is 1. The van der Waals surface area contributed by atoms with Crippen molar-refractivity contribution in [1.82, 2.24) is 14.5 Å². The van der Waals surface area contributed by atoms with Crippen molar-refractivity contribution in [3.8, 4) is 11.5 Å². The van der Waals surface area contributed by atoms with Gasteiger partial charge in [0.05, 0.1) is 11.9 Å². The highest BCUT2D eigenvalue weighted by atomic mass is 32.2. The molecule has 0 aliphatic heterocycles. The maximum Gasteiger partial charge on any atom is 0.255 e. The average Bonchev–Trinajstić information content (AvgIpc) is 3.15. The van der Waals surface area contributed by atoms with Crippen LogP contribution in [0.3, 0.4) is 0 Å². The van der Waals surface area contributed by atoms with Crippen molar-refractivity contribution in [2.24, 2.45) is 7.05 Å². The van der Waals surface area contributed by atoms with E-state index in [0.717, 1.165) is 15.7 Å². The monoisotopic (exact) mass is 402 g/mol. The van der Waals surface area contributed by atoms with E-state index in [-0.39, 0.29) is 5.91 Å². The summed E-state index contributed by atoms with van der Waals surface area (Å²) in [4.78, 5) is 22.0. The zero-order valence-electron chi connectivity index (χ0n) is 15.6. The fourth-order valence-electron chi connectivity index (χ4n) is 2.62. The molecule has 0 aliphatic carbocycles. The number of imidazole rings is 1. The second-order valence-corrected chi connectivity index (χ2v) is 7.20. The second kappa shape index (κ2) is 8.62. The highest BCUT2D eigenvalue weighted by molar-refractivity contribution is 7.99. The van der Waals surface area contributed by atoms with E-state index < -0.39 is 0 Å². The van der Waals surface area contributed by atoms with Gasteiger partial charge < -0.3 is 14.6 Å². The quantitative estimate of drug-likeness (QED) is 0.491. The molecule has 1 N–H and O–H groups in total. The summed E-state index contributed by atoms with van der Waals surface area (Å²) in [5.74, 6) is 1.09. The SMILES string of the molecule is Cn1ccnc1Sc1ccccc1NC(=O)c1ccc(Oc2cccnc2)cc1. The van der Waals surface area contributed by atoms with Crippen LogP contribution in [0.25, 0.3) is 0 Å². The first kappa shape index (κ1) is 18.8. The number of ether oxygens (including phenoxy) is 1. The topological polar surface area (TPSA) is 69.0 Å². The van der Waals surface area contributed by atoms with E-state index in [0.29, 0.717) is 17.1 Å². The lowest BCUT2D eigenvalue weighted by molar-refractivity contribution is 0.102. The molecule has 1 amide bonds. The molecule has 2 heterocycles. The van der Waals surface area contributed by atoms with E-state index in [1.54, 1.807) is 48.9 Å². The van der Waals surface area contributed by atoms with Crippen LogP contribution < -0.4 is 10.1 Å². The molecule has 0 fully saturated rings. The Morgan fingerprint density at radius 2 is 1.83 bits per heavy atom. The summed E-state index contributed by atoms with van der Waals surface area (Å²) in [6, 6.07) is 18.3. The van der Waals surface area contributed by atoms with Gasteiger partial charge in [-0.05, 0) is 60.3 Å². The van der Waals surface area contributed by atoms with E-state index in [1.807, 2.05) is 48.1 Å². The second-order valence-electron chi connectivity index (χ2n) is 6.19. The molecule has 0 aliphatic rings. The number of anilines is 1. The van der Waals surface area contributed by atoms with Crippen molar-refractivity contribution >= 4 is 23.4 Å². The molecule has 144 valence electrons. The molecule has 0 radical (unpaired) electrons. The molecule has 4 aromatic rings. The lowest BCUT2D eigenvalue weighted by Gasteiger charge is -2.11. The van der Waals surface area contributed by atoms with E-state index >= 15 is 0 Å². The Kier molecular flexibility index (Phi) is 5.58. The van der Waals surface area contributed by atoms with Crippen LogP contribution in [-0.4, -0.2) is 20.4 Å². The smallest absolute Gasteiger partial charge is 0.255 e. The number of carbonyl (C=O) groups is 1. The van der Waals surface area contributed by atoms with Gasteiger partial charge in [-0.2, -0.15) is 0 Å². The van der Waals surface area contributed by atoms with Crippen molar-refractivity contribution in [3.05, 3.63) is 91.0 Å². The van der Waals surface area contributed by atoms with Crippen molar-refractivity contribution in [2.45, 2.75) is 10.1 Å². The average molecular weight is 402 g/mol. The summed E-state index contributed by atoms with van der Waals surface area (Å²) < 4.78 is 7.65. The van der Waals surface area contributed by atoms with Crippen LogP contribution in [0, 0.1) is 0 Å². The molecule has 29 heavy (non-hydrogen) atoms. The largest absolute Gasteiger partial charge is 0.456 e. The zero-order chi connectivity index (χ0) is 20.1. The summed E-state index contributed by atoms with van der Waals surface area (Å²) in [6.07, 6.45) is 6.96. The summed E-state index contributed by atoms with van der Waals surface area (Å²) in [6.45, 7) is 0. The first-order chi connectivity index (χ1) is 14.2. The molecular formula is C22H18N4O2S. The maximum atomic E-state index is 12.7. The van der Waals surface area contributed by atoms with Gasteiger partial charge in [0.2, 0.25) is 0 Å². The highest BCUT2D eigenvalue weighted by Crippen LogP contribution is 2.32. The number of carbonyl (C=O) groups excluding carboxylic acids is 1. The number of rotatable bonds is 6. The lowest BCUT2D eigenvalue weighted by atomic mass is 10.2. The number of hydrogen-bond acceptors (Lipinski definition) is 5. The number of aryl methyl sites for hydroxylation is 1. The highest BCUT2D eigenvalue weighted by Gasteiger charge is 2.12. The van der Waals surface area contributed by atoms with Gasteiger partial charge in [-0.1, -0.05) is 12.1 Å². The van der Waals surface area contributed by atoms with Gasteiger partial charge in [0.1, 0.15) is 11.5 Å².